The van der Waals surface area contributed by atoms with Crippen LogP contribution in [0.3, 0.4) is 0 Å². The van der Waals surface area contributed by atoms with Crippen molar-refractivity contribution in [1.82, 2.24) is 15.2 Å². The number of benzene rings is 2. The van der Waals surface area contributed by atoms with Crippen LogP contribution in [0.5, 0.6) is 5.75 Å². The molecule has 1 aliphatic heterocycles. The van der Waals surface area contributed by atoms with Gasteiger partial charge in [-0.1, -0.05) is 53.8 Å². The van der Waals surface area contributed by atoms with E-state index in [1.165, 1.54) is 12.1 Å². The van der Waals surface area contributed by atoms with Gasteiger partial charge in [0.2, 0.25) is 0 Å². The van der Waals surface area contributed by atoms with Gasteiger partial charge in [-0.2, -0.15) is 0 Å². The topological polar surface area (TPSA) is 105 Å². The van der Waals surface area contributed by atoms with Crippen LogP contribution in [0.2, 0.25) is 0 Å². The van der Waals surface area contributed by atoms with Gasteiger partial charge in [0.25, 0.3) is 21.8 Å². The van der Waals surface area contributed by atoms with Crippen LogP contribution in [-0.2, 0) is 19.6 Å². The van der Waals surface area contributed by atoms with E-state index in [1.54, 1.807) is 30.3 Å². The van der Waals surface area contributed by atoms with Gasteiger partial charge in [-0.15, -0.1) is 4.83 Å². The monoisotopic (exact) mass is 491 g/mol. The lowest BCUT2D eigenvalue weighted by Gasteiger charge is -2.14. The van der Waals surface area contributed by atoms with Gasteiger partial charge in [-0.05, 0) is 49.8 Å². The minimum Gasteiger partial charge on any atom is -0.494 e. The summed E-state index contributed by atoms with van der Waals surface area (Å²) in [6.07, 6.45) is 1.67. The fourth-order valence-corrected chi connectivity index (χ4v) is 4.81. The van der Waals surface area contributed by atoms with Gasteiger partial charge in [-0.3, -0.25) is 19.9 Å². The molecule has 1 saturated heterocycles. The Hall–Kier alpha value is -2.73. The molecule has 0 bridgehead atoms. The number of hydrogen-bond acceptors (Lipinski definition) is 7. The Morgan fingerprint density at radius 1 is 1.16 bits per heavy atom. The molecule has 0 radical (unpaired) electrons. The van der Waals surface area contributed by atoms with Crippen LogP contribution in [0.4, 0.5) is 0 Å². The van der Waals surface area contributed by atoms with Gasteiger partial charge in [0.05, 0.1) is 16.4 Å². The third kappa shape index (κ3) is 5.94. The van der Waals surface area contributed by atoms with E-state index in [9.17, 15) is 18.0 Å². The minimum absolute atomic E-state index is 0.00676. The number of nitrogens with zero attached hydrogens (tertiary/aromatic N) is 1. The standard InChI is InChI=1S/C21H21N3O5S3/c1-3-29-16-8-6-15(7-9-16)12-18-20(26)24(21(30)31-18)13-19(25)22-23-32(27,28)17-10-4-14(2)5-11-17/h4-12,23H,3,13H2,1-2H3,(H,22,25)/b18-12-. The van der Waals surface area contributed by atoms with E-state index in [4.69, 9.17) is 17.0 Å². The molecule has 1 aliphatic rings. The molecular formula is C21H21N3O5S3. The maximum absolute atomic E-state index is 12.7. The van der Waals surface area contributed by atoms with Crippen LogP contribution in [0.15, 0.2) is 58.3 Å². The number of rotatable bonds is 8. The number of nitrogens with one attached hydrogen (secondary N) is 2. The Bertz CT molecular complexity index is 1160. The summed E-state index contributed by atoms with van der Waals surface area (Å²) in [5.41, 5.74) is 3.80. The Labute approximate surface area is 196 Å². The van der Waals surface area contributed by atoms with Gasteiger partial charge >= 0.3 is 0 Å². The zero-order valence-corrected chi connectivity index (χ0v) is 19.8. The van der Waals surface area contributed by atoms with Gasteiger partial charge < -0.3 is 4.74 Å². The zero-order chi connectivity index (χ0) is 23.3. The highest BCUT2D eigenvalue weighted by Gasteiger charge is 2.33. The third-order valence-electron chi connectivity index (χ3n) is 4.32. The number of thiocarbonyl (C=S) groups is 1. The zero-order valence-electron chi connectivity index (χ0n) is 17.3. The van der Waals surface area contributed by atoms with Crippen LogP contribution in [0.25, 0.3) is 6.08 Å². The van der Waals surface area contributed by atoms with Crippen LogP contribution in [-0.4, -0.2) is 42.6 Å². The molecule has 0 aromatic heterocycles. The van der Waals surface area contributed by atoms with Crippen molar-refractivity contribution >= 4 is 56.2 Å². The van der Waals surface area contributed by atoms with E-state index >= 15 is 0 Å². The number of sulfonamides is 1. The average Bonchev–Trinajstić information content (AvgIpc) is 3.01. The molecule has 168 valence electrons. The van der Waals surface area contributed by atoms with Crippen molar-refractivity contribution in [2.75, 3.05) is 13.2 Å². The van der Waals surface area contributed by atoms with E-state index in [-0.39, 0.29) is 9.22 Å². The first-order chi connectivity index (χ1) is 15.2. The van der Waals surface area contributed by atoms with Crippen LogP contribution >= 0.6 is 24.0 Å². The van der Waals surface area contributed by atoms with Crippen molar-refractivity contribution in [2.24, 2.45) is 0 Å². The molecule has 0 saturated carbocycles. The van der Waals surface area contributed by atoms with Crippen molar-refractivity contribution in [3.8, 4) is 5.75 Å². The highest BCUT2D eigenvalue weighted by molar-refractivity contribution is 8.26. The first-order valence-corrected chi connectivity index (χ1v) is 12.3. The molecule has 1 fully saturated rings. The van der Waals surface area contributed by atoms with Crippen LogP contribution in [0.1, 0.15) is 18.1 Å². The summed E-state index contributed by atoms with van der Waals surface area (Å²) in [5.74, 6) is -0.424. The lowest BCUT2D eigenvalue weighted by atomic mass is 10.2. The summed E-state index contributed by atoms with van der Waals surface area (Å²) in [4.78, 5) is 28.5. The number of amides is 2. The Morgan fingerprint density at radius 3 is 2.44 bits per heavy atom. The number of thioether (sulfide) groups is 1. The molecule has 2 aromatic carbocycles. The summed E-state index contributed by atoms with van der Waals surface area (Å²) in [7, 11) is -3.94. The largest absolute Gasteiger partial charge is 0.494 e. The predicted molar refractivity (Wildman–Crippen MR) is 127 cm³/mol. The minimum atomic E-state index is -3.94. The molecule has 3 rings (SSSR count). The van der Waals surface area contributed by atoms with Crippen LogP contribution in [0, 0.1) is 6.92 Å². The lowest BCUT2D eigenvalue weighted by Crippen LogP contribution is -2.47. The molecule has 0 unspecified atom stereocenters. The molecule has 2 amide bonds. The summed E-state index contributed by atoms with van der Waals surface area (Å²) in [5, 5.41) is 0. The molecule has 2 aromatic rings. The number of hydrogen-bond donors (Lipinski definition) is 2. The van der Waals surface area contributed by atoms with E-state index in [2.05, 4.69) is 5.43 Å². The number of ether oxygens (including phenoxy) is 1. The second kappa shape index (κ2) is 10.3. The van der Waals surface area contributed by atoms with E-state index in [0.717, 1.165) is 33.5 Å². The summed E-state index contributed by atoms with van der Waals surface area (Å²) in [6.45, 7) is 3.87. The van der Waals surface area contributed by atoms with Crippen molar-refractivity contribution in [2.45, 2.75) is 18.7 Å². The maximum Gasteiger partial charge on any atom is 0.266 e. The Kier molecular flexibility index (Phi) is 7.67. The highest BCUT2D eigenvalue weighted by atomic mass is 32.2. The molecule has 0 aliphatic carbocycles. The summed E-state index contributed by atoms with van der Waals surface area (Å²) in [6, 6.07) is 13.4. The van der Waals surface area contributed by atoms with Gasteiger partial charge in [-0.25, -0.2) is 8.42 Å². The van der Waals surface area contributed by atoms with Crippen molar-refractivity contribution in [1.29, 1.82) is 0 Å². The van der Waals surface area contributed by atoms with Crippen LogP contribution < -0.4 is 15.0 Å². The molecular weight excluding hydrogens is 470 g/mol. The number of carbonyl (C=O) groups excluding carboxylic acids is 2. The van der Waals surface area contributed by atoms with Crippen molar-refractivity contribution < 1.29 is 22.7 Å². The normalized spacial score (nSPS) is 15.3. The van der Waals surface area contributed by atoms with E-state index < -0.39 is 28.4 Å². The van der Waals surface area contributed by atoms with E-state index in [0.29, 0.717) is 11.5 Å². The average molecular weight is 492 g/mol. The number of carbonyl (C=O) groups is 2. The summed E-state index contributed by atoms with van der Waals surface area (Å²) >= 11 is 6.29. The first kappa shape index (κ1) is 23.9. The number of hydrazine groups is 1. The van der Waals surface area contributed by atoms with E-state index in [1.807, 2.05) is 30.8 Å². The second-order valence-electron chi connectivity index (χ2n) is 6.74. The lowest BCUT2D eigenvalue weighted by molar-refractivity contribution is -0.128. The smallest absolute Gasteiger partial charge is 0.266 e. The molecule has 0 atom stereocenters. The molecule has 8 nitrogen and oxygen atoms in total. The molecule has 2 N–H and O–H groups in total. The molecule has 0 spiro atoms. The second-order valence-corrected chi connectivity index (χ2v) is 10.1. The Morgan fingerprint density at radius 2 is 1.81 bits per heavy atom. The number of aryl methyl sites for hydroxylation is 1. The van der Waals surface area contributed by atoms with Crippen molar-refractivity contribution in [3.05, 3.63) is 64.6 Å². The molecule has 1 heterocycles. The van der Waals surface area contributed by atoms with Gasteiger partial charge in [0.1, 0.15) is 16.6 Å². The SMILES string of the molecule is CCOc1ccc(/C=C2\SC(=S)N(CC(=O)NNS(=O)(=O)c3ccc(C)cc3)C2=O)cc1. The quantitative estimate of drug-likeness (QED) is 0.332. The fourth-order valence-electron chi connectivity index (χ4n) is 2.70. The van der Waals surface area contributed by atoms with Gasteiger partial charge in [0.15, 0.2) is 0 Å². The predicted octanol–water partition coefficient (Wildman–Crippen LogP) is 2.60. The molecule has 32 heavy (non-hydrogen) atoms. The highest BCUT2D eigenvalue weighted by Crippen LogP contribution is 2.32. The summed E-state index contributed by atoms with van der Waals surface area (Å²) < 4.78 is 30.2. The first-order valence-electron chi connectivity index (χ1n) is 9.55. The Balaban J connectivity index is 1.61. The van der Waals surface area contributed by atoms with Crippen molar-refractivity contribution in [3.63, 3.8) is 0 Å². The maximum atomic E-state index is 12.7. The van der Waals surface area contributed by atoms with Gasteiger partial charge in [0, 0.05) is 0 Å². The fraction of sp³-hybridized carbons (Fsp3) is 0.190. The molecule has 11 heteroatoms. The third-order valence-corrected chi connectivity index (χ3v) is 6.96.